The summed E-state index contributed by atoms with van der Waals surface area (Å²) in [6.07, 6.45) is 3.16. The molecule has 0 radical (unpaired) electrons. The van der Waals surface area contributed by atoms with Gasteiger partial charge >= 0.3 is 0 Å². The second kappa shape index (κ2) is 6.52. The average Bonchev–Trinajstić information content (AvgIpc) is 2.26. The fourth-order valence-electron chi connectivity index (χ4n) is 1.20. The quantitative estimate of drug-likeness (QED) is 0.527. The van der Waals surface area contributed by atoms with Crippen LogP contribution in [-0.4, -0.2) is 24.0 Å². The van der Waals surface area contributed by atoms with Crippen LogP contribution in [-0.2, 0) is 4.79 Å². The number of nitrogens with zero attached hydrogens (tertiary/aromatic N) is 1. The number of nitrogens with two attached hydrogens (primary N) is 1. The van der Waals surface area contributed by atoms with E-state index < -0.39 is 0 Å². The van der Waals surface area contributed by atoms with Crippen LogP contribution in [0.4, 0.5) is 11.5 Å². The first-order valence-corrected chi connectivity index (χ1v) is 5.46. The maximum Gasteiger partial charge on any atom is 0.243 e. The maximum atomic E-state index is 11.3. The molecule has 17 heavy (non-hydrogen) atoms. The van der Waals surface area contributed by atoms with Crippen LogP contribution in [0.3, 0.4) is 0 Å². The minimum absolute atomic E-state index is 0.0722. The highest BCUT2D eigenvalue weighted by atomic mass is 16.1. The van der Waals surface area contributed by atoms with Gasteiger partial charge in [-0.15, -0.1) is 0 Å². The van der Waals surface area contributed by atoms with Crippen molar-refractivity contribution in [3.8, 4) is 0 Å². The molecule has 4 N–H and O–H groups in total. The lowest BCUT2D eigenvalue weighted by molar-refractivity contribution is -0.116. The van der Waals surface area contributed by atoms with Crippen molar-refractivity contribution in [1.29, 1.82) is 0 Å². The smallest absolute Gasteiger partial charge is 0.243 e. The van der Waals surface area contributed by atoms with Crippen LogP contribution in [0.1, 0.15) is 13.8 Å². The summed E-state index contributed by atoms with van der Waals surface area (Å²) < 4.78 is 0. The van der Waals surface area contributed by atoms with Crippen LogP contribution in [0.2, 0.25) is 0 Å². The van der Waals surface area contributed by atoms with Crippen LogP contribution >= 0.6 is 0 Å². The third kappa shape index (κ3) is 5.55. The van der Waals surface area contributed by atoms with Gasteiger partial charge in [-0.1, -0.05) is 5.57 Å². The first-order valence-electron chi connectivity index (χ1n) is 5.46. The molecule has 0 unspecified atom stereocenters. The molecule has 0 aliphatic carbocycles. The lowest BCUT2D eigenvalue weighted by atomic mass is 10.3. The van der Waals surface area contributed by atoms with E-state index in [4.69, 9.17) is 5.73 Å². The van der Waals surface area contributed by atoms with Gasteiger partial charge in [0.2, 0.25) is 5.91 Å². The van der Waals surface area contributed by atoms with Gasteiger partial charge < -0.3 is 16.4 Å². The van der Waals surface area contributed by atoms with E-state index >= 15 is 0 Å². The highest BCUT2D eigenvalue weighted by molar-refractivity contribution is 5.88. The topological polar surface area (TPSA) is 80.0 Å². The molecule has 5 heteroatoms. The number of amides is 1. The molecule has 0 bridgehead atoms. The summed E-state index contributed by atoms with van der Waals surface area (Å²) in [6.45, 7) is 4.94. The van der Waals surface area contributed by atoms with Crippen molar-refractivity contribution in [2.75, 3.05) is 24.1 Å². The number of carbonyl (C=O) groups excluding carboxylic acids is 1. The number of anilines is 2. The number of hydrogen-bond donors (Lipinski definition) is 3. The number of nitrogen functional groups attached to an aromatic ring is 1. The van der Waals surface area contributed by atoms with E-state index in [-0.39, 0.29) is 5.91 Å². The fraction of sp³-hybridized carbons (Fsp3) is 0.333. The SMILES string of the molecule is CC(C)=CC(=O)NCCNc1ccc(N)cn1. The van der Waals surface area contributed by atoms with Crippen molar-refractivity contribution in [1.82, 2.24) is 10.3 Å². The van der Waals surface area contributed by atoms with Crippen LogP contribution in [0.15, 0.2) is 30.0 Å². The van der Waals surface area contributed by atoms with Crippen molar-refractivity contribution in [2.24, 2.45) is 0 Å². The normalized spacial score (nSPS) is 9.53. The molecular weight excluding hydrogens is 216 g/mol. The van der Waals surface area contributed by atoms with Gasteiger partial charge in [0.1, 0.15) is 5.82 Å². The minimum Gasteiger partial charge on any atom is -0.397 e. The van der Waals surface area contributed by atoms with Crippen LogP contribution in [0, 0.1) is 0 Å². The van der Waals surface area contributed by atoms with E-state index in [0.29, 0.717) is 18.8 Å². The molecule has 0 aliphatic rings. The van der Waals surface area contributed by atoms with Gasteiger partial charge in [0.15, 0.2) is 0 Å². The highest BCUT2D eigenvalue weighted by Gasteiger charge is 1.96. The summed E-state index contributed by atoms with van der Waals surface area (Å²) in [7, 11) is 0. The van der Waals surface area contributed by atoms with Gasteiger partial charge in [0.25, 0.3) is 0 Å². The summed E-state index contributed by atoms with van der Waals surface area (Å²) in [5, 5.41) is 5.84. The number of hydrogen-bond acceptors (Lipinski definition) is 4. The second-order valence-corrected chi connectivity index (χ2v) is 3.92. The van der Waals surface area contributed by atoms with Crippen molar-refractivity contribution in [3.63, 3.8) is 0 Å². The molecule has 0 saturated heterocycles. The number of rotatable bonds is 5. The van der Waals surface area contributed by atoms with Crippen molar-refractivity contribution in [3.05, 3.63) is 30.0 Å². The second-order valence-electron chi connectivity index (χ2n) is 3.92. The molecule has 1 aromatic rings. The van der Waals surface area contributed by atoms with E-state index in [1.807, 2.05) is 13.8 Å². The zero-order chi connectivity index (χ0) is 12.7. The number of carbonyl (C=O) groups is 1. The summed E-state index contributed by atoms with van der Waals surface area (Å²) in [4.78, 5) is 15.3. The Morgan fingerprint density at radius 1 is 1.41 bits per heavy atom. The number of nitrogens with one attached hydrogen (secondary N) is 2. The lowest BCUT2D eigenvalue weighted by Gasteiger charge is -2.06. The summed E-state index contributed by atoms with van der Waals surface area (Å²) in [5.41, 5.74) is 7.13. The third-order valence-electron chi connectivity index (χ3n) is 1.94. The Labute approximate surface area is 101 Å². The zero-order valence-electron chi connectivity index (χ0n) is 10.2. The van der Waals surface area contributed by atoms with Crippen molar-refractivity contribution in [2.45, 2.75) is 13.8 Å². The Morgan fingerprint density at radius 2 is 2.18 bits per heavy atom. The average molecular weight is 234 g/mol. The van der Waals surface area contributed by atoms with Gasteiger partial charge in [-0.25, -0.2) is 4.98 Å². The molecule has 5 nitrogen and oxygen atoms in total. The van der Waals surface area contributed by atoms with Crippen LogP contribution < -0.4 is 16.4 Å². The molecule has 0 atom stereocenters. The molecule has 1 amide bonds. The third-order valence-corrected chi connectivity index (χ3v) is 1.94. The fourth-order valence-corrected chi connectivity index (χ4v) is 1.20. The monoisotopic (exact) mass is 234 g/mol. The summed E-state index contributed by atoms with van der Waals surface area (Å²) in [5.74, 6) is 0.674. The van der Waals surface area contributed by atoms with Crippen molar-refractivity contribution < 1.29 is 4.79 Å². The summed E-state index contributed by atoms with van der Waals surface area (Å²) >= 11 is 0. The Kier molecular flexibility index (Phi) is 5.00. The molecule has 1 aromatic heterocycles. The maximum absolute atomic E-state index is 11.3. The highest BCUT2D eigenvalue weighted by Crippen LogP contribution is 2.04. The standard InChI is InChI=1S/C12H18N4O/c1-9(2)7-12(17)15-6-5-14-11-4-3-10(13)8-16-11/h3-4,7-8H,5-6,13H2,1-2H3,(H,14,16)(H,15,17). The van der Waals surface area contributed by atoms with Crippen LogP contribution in [0.25, 0.3) is 0 Å². The molecule has 0 aromatic carbocycles. The van der Waals surface area contributed by atoms with Gasteiger partial charge in [0, 0.05) is 19.2 Å². The van der Waals surface area contributed by atoms with E-state index in [9.17, 15) is 4.79 Å². The van der Waals surface area contributed by atoms with Gasteiger partial charge in [-0.2, -0.15) is 0 Å². The van der Waals surface area contributed by atoms with Crippen LogP contribution in [0.5, 0.6) is 0 Å². The molecule has 0 spiro atoms. The van der Waals surface area contributed by atoms with Gasteiger partial charge in [-0.3, -0.25) is 4.79 Å². The van der Waals surface area contributed by atoms with Gasteiger partial charge in [-0.05, 0) is 26.0 Å². The van der Waals surface area contributed by atoms with E-state index in [1.54, 1.807) is 24.4 Å². The Hall–Kier alpha value is -2.04. The zero-order valence-corrected chi connectivity index (χ0v) is 10.2. The Morgan fingerprint density at radius 3 is 2.76 bits per heavy atom. The molecular formula is C12H18N4O. The molecule has 1 heterocycles. The summed E-state index contributed by atoms with van der Waals surface area (Å²) in [6, 6.07) is 3.57. The molecule has 0 aliphatic heterocycles. The predicted octanol–water partition coefficient (Wildman–Crippen LogP) is 1.16. The predicted molar refractivity (Wildman–Crippen MR) is 69.6 cm³/mol. The van der Waals surface area contributed by atoms with E-state index in [0.717, 1.165) is 11.4 Å². The number of pyridine rings is 1. The Balaban J connectivity index is 2.22. The first kappa shape index (κ1) is 13.0. The minimum atomic E-state index is -0.0722. The largest absolute Gasteiger partial charge is 0.397 e. The Bertz CT molecular complexity index is 393. The van der Waals surface area contributed by atoms with E-state index in [1.165, 1.54) is 0 Å². The lowest BCUT2D eigenvalue weighted by Crippen LogP contribution is -2.27. The first-order chi connectivity index (χ1) is 8.08. The number of aromatic nitrogens is 1. The van der Waals surface area contributed by atoms with Gasteiger partial charge in [0.05, 0.1) is 11.9 Å². The van der Waals surface area contributed by atoms with E-state index in [2.05, 4.69) is 15.6 Å². The number of allylic oxidation sites excluding steroid dienone is 1. The van der Waals surface area contributed by atoms with Crippen molar-refractivity contribution >= 4 is 17.4 Å². The molecule has 0 fully saturated rings. The molecule has 92 valence electrons. The molecule has 1 rings (SSSR count). The molecule has 0 saturated carbocycles.